The first kappa shape index (κ1) is 22.0. The molecule has 28 heavy (non-hydrogen) atoms. The van der Waals surface area contributed by atoms with Gasteiger partial charge in [0, 0.05) is 0 Å². The second kappa shape index (κ2) is 8.78. The van der Waals surface area contributed by atoms with Gasteiger partial charge < -0.3 is 5.32 Å². The number of nitrogens with one attached hydrogen (secondary N) is 1. The largest absolute Gasteiger partial charge is 0.348 e. The molecule has 1 N–H and O–H groups in total. The lowest BCUT2D eigenvalue weighted by Crippen LogP contribution is -2.41. The Morgan fingerprint density at radius 1 is 1.04 bits per heavy atom. The zero-order valence-corrected chi connectivity index (χ0v) is 18.3. The molecule has 2 aromatic carbocycles. The third-order valence-electron chi connectivity index (χ3n) is 4.92. The van der Waals surface area contributed by atoms with Gasteiger partial charge >= 0.3 is 0 Å². The van der Waals surface area contributed by atoms with Crippen molar-refractivity contribution in [1.82, 2.24) is 5.32 Å². The van der Waals surface area contributed by atoms with E-state index in [2.05, 4.69) is 5.32 Å². The summed E-state index contributed by atoms with van der Waals surface area (Å²) in [6.07, 6.45) is 1.13. The fourth-order valence-corrected chi connectivity index (χ4v) is 3.99. The van der Waals surface area contributed by atoms with Crippen LogP contribution in [0.15, 0.2) is 42.5 Å². The smallest absolute Gasteiger partial charge is 0.241 e. The Hall–Kier alpha value is -2.34. The van der Waals surface area contributed by atoms with Crippen molar-refractivity contribution in [2.24, 2.45) is 0 Å². The van der Waals surface area contributed by atoms with Crippen LogP contribution in [-0.2, 0) is 14.8 Å². The fraction of sp³-hybridized carbons (Fsp3) is 0.409. The molecule has 5 nitrogen and oxygen atoms in total. The summed E-state index contributed by atoms with van der Waals surface area (Å²) in [6, 6.07) is 13.1. The molecule has 6 heteroatoms. The summed E-state index contributed by atoms with van der Waals surface area (Å²) in [5.74, 6) is -0.201. The molecule has 0 unspecified atom stereocenters. The Labute approximate surface area is 168 Å². The van der Waals surface area contributed by atoms with Gasteiger partial charge in [0.05, 0.1) is 18.0 Å². The van der Waals surface area contributed by atoms with Gasteiger partial charge in [-0.2, -0.15) is 0 Å². The number of rotatable bonds is 7. The summed E-state index contributed by atoms with van der Waals surface area (Å²) < 4.78 is 26.0. The number of carbonyl (C=O) groups is 1. The Kier molecular flexibility index (Phi) is 6.88. The van der Waals surface area contributed by atoms with Gasteiger partial charge in [-0.15, -0.1) is 0 Å². The van der Waals surface area contributed by atoms with Crippen molar-refractivity contribution in [3.05, 3.63) is 64.7 Å². The molecule has 152 valence electrons. The Morgan fingerprint density at radius 2 is 1.68 bits per heavy atom. The molecule has 0 aromatic heterocycles. The highest BCUT2D eigenvalue weighted by Gasteiger charge is 2.24. The predicted octanol–water partition coefficient (Wildman–Crippen LogP) is 4.07. The topological polar surface area (TPSA) is 66.5 Å². The number of sulfonamides is 1. The van der Waals surface area contributed by atoms with Crippen molar-refractivity contribution in [3.63, 3.8) is 0 Å². The second-order valence-electron chi connectivity index (χ2n) is 7.62. The Balaban J connectivity index is 2.24. The molecule has 0 aliphatic rings. The van der Waals surface area contributed by atoms with Crippen LogP contribution in [-0.4, -0.2) is 27.1 Å². The van der Waals surface area contributed by atoms with E-state index in [-0.39, 0.29) is 24.4 Å². The molecule has 1 atom stereocenters. The molecule has 0 heterocycles. The first-order valence-corrected chi connectivity index (χ1v) is 11.3. The van der Waals surface area contributed by atoms with E-state index in [1.165, 1.54) is 9.87 Å². The third kappa shape index (κ3) is 5.35. The summed E-state index contributed by atoms with van der Waals surface area (Å²) in [5.41, 5.74) is 4.78. The number of hydrogen-bond donors (Lipinski definition) is 1. The molecule has 0 radical (unpaired) electrons. The van der Waals surface area contributed by atoms with Crippen molar-refractivity contribution in [3.8, 4) is 0 Å². The highest BCUT2D eigenvalue weighted by molar-refractivity contribution is 7.92. The van der Waals surface area contributed by atoms with Gasteiger partial charge in [-0.3, -0.25) is 9.10 Å². The van der Waals surface area contributed by atoms with Gasteiger partial charge in [0.25, 0.3) is 0 Å². The lowest BCUT2D eigenvalue weighted by molar-refractivity contribution is -0.120. The van der Waals surface area contributed by atoms with Crippen LogP contribution in [0, 0.1) is 13.8 Å². The number of amides is 1. The molecular formula is C22H30N2O3S. The Bertz CT molecular complexity index is 952. The van der Waals surface area contributed by atoms with Crippen LogP contribution in [0.5, 0.6) is 0 Å². The minimum absolute atomic E-state index is 0.137. The van der Waals surface area contributed by atoms with E-state index in [0.29, 0.717) is 5.69 Å². The number of carbonyl (C=O) groups excluding carboxylic acids is 1. The van der Waals surface area contributed by atoms with Crippen LogP contribution in [0.2, 0.25) is 0 Å². The maximum absolute atomic E-state index is 12.7. The van der Waals surface area contributed by atoms with Crippen molar-refractivity contribution >= 4 is 21.6 Å². The van der Waals surface area contributed by atoms with Crippen LogP contribution >= 0.6 is 0 Å². The lowest BCUT2D eigenvalue weighted by Gasteiger charge is -2.26. The van der Waals surface area contributed by atoms with E-state index in [4.69, 9.17) is 0 Å². The minimum atomic E-state index is -3.61. The average Bonchev–Trinajstić information content (AvgIpc) is 2.61. The maximum Gasteiger partial charge on any atom is 0.241 e. The normalized spacial score (nSPS) is 12.7. The summed E-state index contributed by atoms with van der Waals surface area (Å²) in [5, 5.41) is 2.92. The van der Waals surface area contributed by atoms with Gasteiger partial charge in [-0.05, 0) is 55.0 Å². The van der Waals surface area contributed by atoms with Crippen LogP contribution in [0.3, 0.4) is 0 Å². The molecule has 0 aliphatic heterocycles. The Morgan fingerprint density at radius 3 is 2.25 bits per heavy atom. The molecule has 0 bridgehead atoms. The van der Waals surface area contributed by atoms with E-state index in [9.17, 15) is 13.2 Å². The highest BCUT2D eigenvalue weighted by Crippen LogP contribution is 2.29. The quantitative estimate of drug-likeness (QED) is 0.759. The maximum atomic E-state index is 12.7. The van der Waals surface area contributed by atoms with Gasteiger partial charge in [-0.1, -0.05) is 50.2 Å². The second-order valence-corrected chi connectivity index (χ2v) is 9.52. The zero-order valence-electron chi connectivity index (χ0n) is 17.5. The molecule has 0 spiro atoms. The monoisotopic (exact) mass is 402 g/mol. The number of anilines is 1. The van der Waals surface area contributed by atoms with Crippen LogP contribution < -0.4 is 9.62 Å². The average molecular weight is 403 g/mol. The number of nitrogens with zero attached hydrogens (tertiary/aromatic N) is 1. The molecule has 0 aliphatic carbocycles. The third-order valence-corrected chi connectivity index (χ3v) is 6.05. The SMILES string of the molecule is Cc1ccc([C@@H](C)NC(=O)CN(c2ccccc2C(C)C)S(C)(=O)=O)cc1C. The van der Waals surface area contributed by atoms with E-state index in [0.717, 1.165) is 22.9 Å². The van der Waals surface area contributed by atoms with E-state index < -0.39 is 10.0 Å². The van der Waals surface area contributed by atoms with Crippen molar-refractivity contribution in [2.45, 2.75) is 46.6 Å². The molecule has 1 amide bonds. The molecule has 0 fully saturated rings. The summed E-state index contributed by atoms with van der Waals surface area (Å²) in [4.78, 5) is 12.7. The molecular weight excluding hydrogens is 372 g/mol. The van der Waals surface area contributed by atoms with Crippen LogP contribution in [0.25, 0.3) is 0 Å². The van der Waals surface area contributed by atoms with E-state index in [1.54, 1.807) is 12.1 Å². The van der Waals surface area contributed by atoms with Crippen molar-refractivity contribution in [2.75, 3.05) is 17.1 Å². The van der Waals surface area contributed by atoms with Crippen molar-refractivity contribution < 1.29 is 13.2 Å². The number of para-hydroxylation sites is 1. The number of hydrogen-bond acceptors (Lipinski definition) is 3. The molecule has 2 aromatic rings. The minimum Gasteiger partial charge on any atom is -0.348 e. The fourth-order valence-electron chi connectivity index (χ4n) is 3.12. The number of aryl methyl sites for hydroxylation is 2. The molecule has 0 saturated carbocycles. The van der Waals surface area contributed by atoms with Crippen LogP contribution in [0.4, 0.5) is 5.69 Å². The molecule has 2 rings (SSSR count). The van der Waals surface area contributed by atoms with Gasteiger partial charge in [0.1, 0.15) is 6.54 Å². The standard InChI is InChI=1S/C22H30N2O3S/c1-15(2)20-9-7-8-10-21(20)24(28(6,26)27)14-22(25)23-18(5)19-12-11-16(3)17(4)13-19/h7-13,15,18H,14H2,1-6H3,(H,23,25)/t18-/m1/s1. The zero-order chi connectivity index (χ0) is 21.1. The highest BCUT2D eigenvalue weighted by atomic mass is 32.2. The van der Waals surface area contributed by atoms with Crippen molar-refractivity contribution in [1.29, 1.82) is 0 Å². The first-order chi connectivity index (χ1) is 13.0. The summed E-state index contributed by atoms with van der Waals surface area (Å²) >= 11 is 0. The summed E-state index contributed by atoms with van der Waals surface area (Å²) in [7, 11) is -3.61. The molecule has 0 saturated heterocycles. The number of benzene rings is 2. The van der Waals surface area contributed by atoms with Crippen LogP contribution in [0.1, 0.15) is 55.0 Å². The van der Waals surface area contributed by atoms with Gasteiger partial charge in [-0.25, -0.2) is 8.42 Å². The lowest BCUT2D eigenvalue weighted by atomic mass is 10.0. The van der Waals surface area contributed by atoms with Gasteiger partial charge in [0.15, 0.2) is 0 Å². The van der Waals surface area contributed by atoms with E-state index >= 15 is 0 Å². The van der Waals surface area contributed by atoms with E-state index in [1.807, 2.05) is 65.0 Å². The predicted molar refractivity (Wildman–Crippen MR) is 115 cm³/mol. The summed E-state index contributed by atoms with van der Waals surface area (Å²) in [6.45, 7) is 9.72. The van der Waals surface area contributed by atoms with Gasteiger partial charge in [0.2, 0.25) is 15.9 Å². The first-order valence-electron chi connectivity index (χ1n) is 9.44.